The topological polar surface area (TPSA) is 111 Å². The van der Waals surface area contributed by atoms with Crippen LogP contribution in [0.4, 0.5) is 5.69 Å². The van der Waals surface area contributed by atoms with Gasteiger partial charge in [-0.25, -0.2) is 13.2 Å². The lowest BCUT2D eigenvalue weighted by Gasteiger charge is -2.21. The van der Waals surface area contributed by atoms with Crippen molar-refractivity contribution in [2.75, 3.05) is 25.1 Å². The van der Waals surface area contributed by atoms with Gasteiger partial charge in [0, 0.05) is 13.1 Å². The molecule has 0 saturated heterocycles. The number of hydroxylamine groups is 1. The fourth-order valence-corrected chi connectivity index (χ4v) is 5.75. The van der Waals surface area contributed by atoms with Gasteiger partial charge in [0.15, 0.2) is 11.5 Å². The molecule has 0 aliphatic rings. The Morgan fingerprint density at radius 3 is 2.44 bits per heavy atom. The summed E-state index contributed by atoms with van der Waals surface area (Å²) < 4.78 is 38.5. The fraction of sp³-hybridized carbons (Fsp3) is 0.182. The highest BCUT2D eigenvalue weighted by Crippen LogP contribution is 2.36. The predicted octanol–water partition coefficient (Wildman–Crippen LogP) is 4.14. The number of methoxy groups -OCH3 is 1. The maximum Gasteiger partial charge on any atom is 0.362 e. The van der Waals surface area contributed by atoms with E-state index in [0.29, 0.717) is 18.1 Å². The second kappa shape index (κ2) is 10.8. The molecule has 1 aromatic heterocycles. The van der Waals surface area contributed by atoms with Crippen molar-refractivity contribution in [1.82, 2.24) is 5.48 Å². The molecule has 0 unspecified atom stereocenters. The average Bonchev–Trinajstić information content (AvgIpc) is 3.25. The highest BCUT2D eigenvalue weighted by molar-refractivity contribution is 7.93. The van der Waals surface area contributed by atoms with Crippen LogP contribution >= 0.6 is 22.9 Å². The molecule has 0 aliphatic heterocycles. The molecule has 3 aromatic rings. The zero-order valence-corrected chi connectivity index (χ0v) is 20.8. The third kappa shape index (κ3) is 5.44. The van der Waals surface area contributed by atoms with E-state index in [4.69, 9.17) is 25.9 Å². The zero-order valence-electron chi connectivity index (χ0n) is 18.4. The van der Waals surface area contributed by atoms with Crippen molar-refractivity contribution >= 4 is 50.5 Å². The van der Waals surface area contributed by atoms with Crippen LogP contribution in [0.2, 0.25) is 4.34 Å². The molecule has 0 saturated carbocycles. The average molecular weight is 525 g/mol. The molecule has 180 valence electrons. The molecular weight excluding hydrogens is 504 g/mol. The van der Waals surface area contributed by atoms with E-state index >= 15 is 0 Å². The zero-order chi connectivity index (χ0) is 24.9. The first-order chi connectivity index (χ1) is 16.2. The fourth-order valence-electron chi connectivity index (χ4n) is 2.88. The summed E-state index contributed by atoms with van der Waals surface area (Å²) in [6.45, 7) is 2.22. The van der Waals surface area contributed by atoms with Gasteiger partial charge >= 0.3 is 5.97 Å². The normalized spacial score (nSPS) is 10.9. The van der Waals surface area contributed by atoms with Crippen LogP contribution in [-0.4, -0.2) is 41.1 Å². The molecule has 3 rings (SSSR count). The number of carbonyl (C=O) groups is 2. The molecule has 2 aromatic carbocycles. The van der Waals surface area contributed by atoms with Gasteiger partial charge in [-0.1, -0.05) is 29.8 Å². The molecule has 1 amide bonds. The number of rotatable bonds is 8. The summed E-state index contributed by atoms with van der Waals surface area (Å²) >= 11 is 6.78. The van der Waals surface area contributed by atoms with Crippen LogP contribution in [0.25, 0.3) is 0 Å². The Labute approximate surface area is 205 Å². The summed E-state index contributed by atoms with van der Waals surface area (Å²) in [6, 6.07) is 13.8. The first kappa shape index (κ1) is 25.3. The largest absolute Gasteiger partial charge is 0.493 e. The Kier molecular flexibility index (Phi) is 8.02. The van der Waals surface area contributed by atoms with Gasteiger partial charge < -0.3 is 14.3 Å². The number of hydrogen-bond acceptors (Lipinski definition) is 8. The standard InChI is InChI=1S/C22H21ClN2O7S2/c1-4-31-16-11-10-15(12-17(16)30-3)25(2)34(28,29)18-13-19(23)33-20(18)21(26)24-32-22(27)14-8-6-5-7-9-14/h5-13H,4H2,1-3H3,(H,24,26). The van der Waals surface area contributed by atoms with Gasteiger partial charge in [0.1, 0.15) is 9.77 Å². The highest BCUT2D eigenvalue weighted by Gasteiger charge is 2.31. The van der Waals surface area contributed by atoms with Gasteiger partial charge in [-0.3, -0.25) is 9.10 Å². The van der Waals surface area contributed by atoms with Gasteiger partial charge in [-0.2, -0.15) is 5.48 Å². The molecular formula is C22H21ClN2O7S2. The van der Waals surface area contributed by atoms with E-state index in [1.807, 2.05) is 12.4 Å². The van der Waals surface area contributed by atoms with E-state index in [0.717, 1.165) is 21.7 Å². The minimum atomic E-state index is -4.23. The first-order valence-corrected chi connectivity index (χ1v) is 12.5. The second-order valence-electron chi connectivity index (χ2n) is 6.67. The molecule has 0 bridgehead atoms. The molecule has 0 aliphatic carbocycles. The summed E-state index contributed by atoms with van der Waals surface area (Å²) in [4.78, 5) is 29.0. The smallest absolute Gasteiger partial charge is 0.362 e. The van der Waals surface area contributed by atoms with Crippen LogP contribution in [0.1, 0.15) is 27.0 Å². The van der Waals surface area contributed by atoms with Crippen molar-refractivity contribution in [3.05, 3.63) is 69.4 Å². The number of sulfonamides is 1. The number of thiophene rings is 1. The van der Waals surface area contributed by atoms with Crippen molar-refractivity contribution in [3.63, 3.8) is 0 Å². The monoisotopic (exact) mass is 524 g/mol. The Morgan fingerprint density at radius 2 is 1.79 bits per heavy atom. The molecule has 9 nitrogen and oxygen atoms in total. The van der Waals surface area contributed by atoms with Crippen LogP contribution < -0.4 is 19.3 Å². The highest BCUT2D eigenvalue weighted by atomic mass is 35.5. The van der Waals surface area contributed by atoms with Gasteiger partial charge in [0.2, 0.25) is 0 Å². The van der Waals surface area contributed by atoms with E-state index in [2.05, 4.69) is 0 Å². The first-order valence-electron chi connectivity index (χ1n) is 9.84. The van der Waals surface area contributed by atoms with Gasteiger partial charge in [-0.05, 0) is 37.3 Å². The van der Waals surface area contributed by atoms with Crippen LogP contribution in [0.5, 0.6) is 11.5 Å². The van der Waals surface area contributed by atoms with Crippen LogP contribution in [-0.2, 0) is 14.9 Å². The summed E-state index contributed by atoms with van der Waals surface area (Å²) in [5.74, 6) is -0.939. The third-order valence-electron chi connectivity index (χ3n) is 4.57. The number of ether oxygens (including phenoxy) is 2. The molecule has 0 fully saturated rings. The predicted molar refractivity (Wildman–Crippen MR) is 128 cm³/mol. The minimum absolute atomic E-state index is 0.0655. The lowest BCUT2D eigenvalue weighted by molar-refractivity contribution is 0.0231. The summed E-state index contributed by atoms with van der Waals surface area (Å²) in [5.41, 5.74) is 2.47. The maximum atomic E-state index is 13.4. The lowest BCUT2D eigenvalue weighted by atomic mass is 10.2. The number of hydrogen-bond donors (Lipinski definition) is 1. The number of carbonyl (C=O) groups excluding carboxylic acids is 2. The van der Waals surface area contributed by atoms with Crippen molar-refractivity contribution < 1.29 is 32.3 Å². The van der Waals surface area contributed by atoms with Gasteiger partial charge in [0.25, 0.3) is 15.9 Å². The molecule has 12 heteroatoms. The van der Waals surface area contributed by atoms with Gasteiger partial charge in [-0.15, -0.1) is 11.3 Å². The molecule has 0 atom stereocenters. The summed E-state index contributed by atoms with van der Waals surface area (Å²) in [7, 11) is -1.46. The van der Waals surface area contributed by atoms with E-state index < -0.39 is 21.9 Å². The van der Waals surface area contributed by atoms with Crippen LogP contribution in [0.15, 0.2) is 59.5 Å². The summed E-state index contributed by atoms with van der Waals surface area (Å²) in [6.07, 6.45) is 0. The second-order valence-corrected chi connectivity index (χ2v) is 10.3. The Balaban J connectivity index is 1.85. The van der Waals surface area contributed by atoms with E-state index in [1.165, 1.54) is 32.4 Å². The Bertz CT molecular complexity index is 1290. The number of amides is 1. The molecule has 1 N–H and O–H groups in total. The van der Waals surface area contributed by atoms with E-state index in [9.17, 15) is 18.0 Å². The number of benzene rings is 2. The lowest BCUT2D eigenvalue weighted by Crippen LogP contribution is -2.31. The molecule has 0 radical (unpaired) electrons. The van der Waals surface area contributed by atoms with E-state index in [-0.39, 0.29) is 25.4 Å². The molecule has 34 heavy (non-hydrogen) atoms. The maximum absolute atomic E-state index is 13.4. The Hall–Kier alpha value is -3.28. The van der Waals surface area contributed by atoms with Crippen LogP contribution in [0.3, 0.4) is 0 Å². The van der Waals surface area contributed by atoms with E-state index in [1.54, 1.807) is 30.3 Å². The Morgan fingerprint density at radius 1 is 1.09 bits per heavy atom. The third-order valence-corrected chi connectivity index (χ3v) is 7.77. The number of nitrogens with one attached hydrogen (secondary N) is 1. The number of nitrogens with zero attached hydrogens (tertiary/aromatic N) is 1. The quantitative estimate of drug-likeness (QED) is 0.441. The SMILES string of the molecule is CCOc1ccc(N(C)S(=O)(=O)c2cc(Cl)sc2C(=O)NOC(=O)c2ccccc2)cc1OC. The van der Waals surface area contributed by atoms with Crippen molar-refractivity contribution in [2.24, 2.45) is 0 Å². The molecule has 1 heterocycles. The molecule has 0 spiro atoms. The number of halogens is 1. The van der Waals surface area contributed by atoms with Crippen molar-refractivity contribution in [3.8, 4) is 11.5 Å². The number of anilines is 1. The summed E-state index contributed by atoms with van der Waals surface area (Å²) in [5, 5.41) is 0. The minimum Gasteiger partial charge on any atom is -0.493 e. The van der Waals surface area contributed by atoms with Crippen molar-refractivity contribution in [2.45, 2.75) is 11.8 Å². The van der Waals surface area contributed by atoms with Crippen molar-refractivity contribution in [1.29, 1.82) is 0 Å². The van der Waals surface area contributed by atoms with Crippen LogP contribution in [0, 0.1) is 0 Å². The van der Waals surface area contributed by atoms with Gasteiger partial charge in [0.05, 0.1) is 29.3 Å².